The minimum absolute atomic E-state index is 0.231. The molecule has 178 valence electrons. The summed E-state index contributed by atoms with van der Waals surface area (Å²) < 4.78 is 0. The highest BCUT2D eigenvalue weighted by Crippen LogP contribution is 2.45. The monoisotopic (exact) mass is 478 g/mol. The van der Waals surface area contributed by atoms with E-state index < -0.39 is 0 Å². The maximum Gasteiger partial charge on any atom is 0.226 e. The molecule has 8 heteroatoms. The molecule has 0 bridgehead atoms. The zero-order chi connectivity index (χ0) is 23.8. The summed E-state index contributed by atoms with van der Waals surface area (Å²) in [6.07, 6.45) is 8.09. The molecule has 4 fully saturated rings. The number of carbonyl (C=O) groups is 1. The van der Waals surface area contributed by atoms with Crippen LogP contribution in [0.1, 0.15) is 69.5 Å². The van der Waals surface area contributed by atoms with E-state index in [9.17, 15) is 10.1 Å². The second-order valence-electron chi connectivity index (χ2n) is 9.56. The number of piperazine rings is 1. The SMILES string of the molecule is CC.N#Cc1cc(-c2cc(Cl)ncn2)c(C2CC2)nc1N1CCN(C(=O)C2CC2)C(C2CC2)C1. The van der Waals surface area contributed by atoms with Gasteiger partial charge in [-0.15, -0.1) is 0 Å². The molecule has 1 atom stereocenters. The lowest BCUT2D eigenvalue weighted by Crippen LogP contribution is -2.57. The van der Waals surface area contributed by atoms with E-state index in [1.165, 1.54) is 19.2 Å². The maximum atomic E-state index is 12.9. The first-order valence-corrected chi connectivity index (χ1v) is 13.0. The van der Waals surface area contributed by atoms with Crippen LogP contribution in [0.2, 0.25) is 5.15 Å². The maximum absolute atomic E-state index is 12.9. The van der Waals surface area contributed by atoms with E-state index in [1.807, 2.05) is 19.9 Å². The van der Waals surface area contributed by atoms with Gasteiger partial charge in [-0.2, -0.15) is 5.26 Å². The van der Waals surface area contributed by atoms with Crippen molar-refractivity contribution in [2.45, 2.75) is 64.3 Å². The molecule has 0 N–H and O–H groups in total. The smallest absolute Gasteiger partial charge is 0.226 e. The molecule has 1 aliphatic heterocycles. The van der Waals surface area contributed by atoms with Crippen LogP contribution in [-0.2, 0) is 4.79 Å². The van der Waals surface area contributed by atoms with Gasteiger partial charge in [0.15, 0.2) is 0 Å². The van der Waals surface area contributed by atoms with Crippen molar-refractivity contribution in [3.8, 4) is 17.3 Å². The number of hydrogen-bond acceptors (Lipinski definition) is 6. The number of aromatic nitrogens is 3. The van der Waals surface area contributed by atoms with Gasteiger partial charge in [-0.3, -0.25) is 4.79 Å². The fourth-order valence-electron chi connectivity index (χ4n) is 4.92. The van der Waals surface area contributed by atoms with Gasteiger partial charge in [0.25, 0.3) is 0 Å². The molecule has 3 aliphatic carbocycles. The first kappa shape index (κ1) is 23.0. The molecule has 4 aliphatic rings. The van der Waals surface area contributed by atoms with Gasteiger partial charge in [0.2, 0.25) is 5.91 Å². The van der Waals surface area contributed by atoms with Crippen molar-refractivity contribution >= 4 is 23.3 Å². The van der Waals surface area contributed by atoms with Gasteiger partial charge in [0.05, 0.1) is 23.0 Å². The van der Waals surface area contributed by atoms with Crippen LogP contribution < -0.4 is 4.90 Å². The number of carbonyl (C=O) groups excluding carboxylic acids is 1. The summed E-state index contributed by atoms with van der Waals surface area (Å²) in [5.41, 5.74) is 3.13. The molecule has 1 amide bonds. The van der Waals surface area contributed by atoms with Gasteiger partial charge in [-0.05, 0) is 50.5 Å². The average Bonchev–Trinajstić information content (AvgIpc) is 3.74. The highest BCUT2D eigenvalue weighted by Gasteiger charge is 2.45. The molecule has 2 aromatic rings. The molecule has 0 spiro atoms. The van der Waals surface area contributed by atoms with Gasteiger partial charge in [-0.1, -0.05) is 25.4 Å². The summed E-state index contributed by atoms with van der Waals surface area (Å²) in [4.78, 5) is 30.7. The van der Waals surface area contributed by atoms with Crippen molar-refractivity contribution in [3.63, 3.8) is 0 Å². The minimum Gasteiger partial charge on any atom is -0.352 e. The lowest BCUT2D eigenvalue weighted by atomic mass is 10.0. The van der Waals surface area contributed by atoms with Crippen molar-refractivity contribution in [1.29, 1.82) is 5.26 Å². The Labute approximate surface area is 206 Å². The zero-order valence-electron chi connectivity index (χ0n) is 19.9. The van der Waals surface area contributed by atoms with E-state index >= 15 is 0 Å². The minimum atomic E-state index is 0.231. The van der Waals surface area contributed by atoms with Crippen molar-refractivity contribution in [2.75, 3.05) is 24.5 Å². The number of hydrogen-bond donors (Lipinski definition) is 0. The first-order valence-electron chi connectivity index (χ1n) is 12.6. The third kappa shape index (κ3) is 4.61. The standard InChI is InChI=1S/C24H25ClN6O.C2H6/c25-21-10-19(27-13-28-21)18-9-17(11-26)23(29-22(18)15-3-4-15)30-7-8-31(24(32)16-5-6-16)20(12-30)14-1-2-14;1-2/h9-10,13-16,20H,1-8,12H2;1-2H3. The van der Waals surface area contributed by atoms with E-state index in [-0.39, 0.29) is 12.0 Å². The Morgan fingerprint density at radius 3 is 2.47 bits per heavy atom. The molecular formula is C26H31ClN6O. The molecule has 3 saturated carbocycles. The average molecular weight is 479 g/mol. The van der Waals surface area contributed by atoms with Crippen LogP contribution in [0.25, 0.3) is 11.3 Å². The Bertz CT molecular complexity index is 1120. The van der Waals surface area contributed by atoms with Crippen molar-refractivity contribution in [1.82, 2.24) is 19.9 Å². The van der Waals surface area contributed by atoms with E-state index in [0.29, 0.717) is 47.2 Å². The summed E-state index contributed by atoms with van der Waals surface area (Å²) in [6, 6.07) is 6.25. The third-order valence-corrected chi connectivity index (χ3v) is 7.33. The number of nitriles is 1. The number of pyridine rings is 1. The topological polar surface area (TPSA) is 86.0 Å². The highest BCUT2D eigenvalue weighted by atomic mass is 35.5. The van der Waals surface area contributed by atoms with Crippen LogP contribution in [0.4, 0.5) is 5.82 Å². The van der Waals surface area contributed by atoms with Crippen LogP contribution in [-0.4, -0.2) is 51.4 Å². The molecule has 6 rings (SSSR count). The van der Waals surface area contributed by atoms with Gasteiger partial charge >= 0.3 is 0 Å². The van der Waals surface area contributed by atoms with Crippen LogP contribution in [0.15, 0.2) is 18.5 Å². The number of anilines is 1. The van der Waals surface area contributed by atoms with Crippen molar-refractivity contribution < 1.29 is 4.79 Å². The van der Waals surface area contributed by atoms with Crippen LogP contribution in [0.5, 0.6) is 0 Å². The second-order valence-corrected chi connectivity index (χ2v) is 9.95. The van der Waals surface area contributed by atoms with Gasteiger partial charge < -0.3 is 9.80 Å². The fourth-order valence-corrected chi connectivity index (χ4v) is 5.07. The van der Waals surface area contributed by atoms with Crippen molar-refractivity contribution in [2.24, 2.45) is 11.8 Å². The predicted octanol–water partition coefficient (Wildman–Crippen LogP) is 4.80. The van der Waals surface area contributed by atoms with Crippen molar-refractivity contribution in [3.05, 3.63) is 34.9 Å². The predicted molar refractivity (Wildman–Crippen MR) is 131 cm³/mol. The summed E-state index contributed by atoms with van der Waals surface area (Å²) in [7, 11) is 0. The van der Waals surface area contributed by atoms with Gasteiger partial charge in [0.1, 0.15) is 23.4 Å². The van der Waals surface area contributed by atoms with Crippen LogP contribution in [0, 0.1) is 23.2 Å². The van der Waals surface area contributed by atoms with Crippen LogP contribution >= 0.6 is 11.6 Å². The molecule has 34 heavy (non-hydrogen) atoms. The molecular weight excluding hydrogens is 448 g/mol. The molecule has 7 nitrogen and oxygen atoms in total. The van der Waals surface area contributed by atoms with Crippen LogP contribution in [0.3, 0.4) is 0 Å². The summed E-state index contributed by atoms with van der Waals surface area (Å²) in [5, 5.41) is 10.4. The Kier molecular flexibility index (Phi) is 6.44. The third-order valence-electron chi connectivity index (χ3n) is 7.12. The molecule has 3 heterocycles. The summed E-state index contributed by atoms with van der Waals surface area (Å²) >= 11 is 6.11. The van der Waals surface area contributed by atoms with E-state index in [0.717, 1.165) is 49.3 Å². The molecule has 1 unspecified atom stereocenters. The largest absolute Gasteiger partial charge is 0.352 e. The lowest BCUT2D eigenvalue weighted by molar-refractivity contribution is -0.135. The van der Waals surface area contributed by atoms with Gasteiger partial charge in [0, 0.05) is 43.1 Å². The zero-order valence-corrected chi connectivity index (χ0v) is 20.6. The Hall–Kier alpha value is -2.72. The fraction of sp³-hybridized carbons (Fsp3) is 0.577. The van der Waals surface area contributed by atoms with E-state index in [4.69, 9.17) is 16.6 Å². The summed E-state index contributed by atoms with van der Waals surface area (Å²) in [6.45, 7) is 6.19. The molecule has 1 saturated heterocycles. The van der Waals surface area contributed by atoms with E-state index in [1.54, 1.807) is 6.07 Å². The number of nitrogens with zero attached hydrogens (tertiary/aromatic N) is 6. The highest BCUT2D eigenvalue weighted by molar-refractivity contribution is 6.29. The van der Waals surface area contributed by atoms with Gasteiger partial charge in [-0.25, -0.2) is 15.0 Å². The Morgan fingerprint density at radius 1 is 1.09 bits per heavy atom. The molecule has 0 radical (unpaired) electrons. The number of rotatable bonds is 5. The second kappa shape index (κ2) is 9.50. The summed E-state index contributed by atoms with van der Waals surface area (Å²) in [5.74, 6) is 2.31. The quantitative estimate of drug-likeness (QED) is 0.573. The first-order chi connectivity index (χ1) is 16.6. The molecule has 0 aromatic carbocycles. The number of halogens is 1. The lowest BCUT2D eigenvalue weighted by Gasteiger charge is -2.43. The number of amides is 1. The Morgan fingerprint density at radius 2 is 1.85 bits per heavy atom. The molecule has 2 aromatic heterocycles. The van der Waals surface area contributed by atoms with E-state index in [2.05, 4.69) is 25.8 Å². The normalized spacial score (nSPS) is 22.0. The Balaban J connectivity index is 0.00000117.